The van der Waals surface area contributed by atoms with Crippen molar-refractivity contribution < 1.29 is 14.6 Å². The molecule has 0 aliphatic rings. The number of carboxylic acids is 1. The molecule has 1 aromatic carbocycles. The van der Waals surface area contributed by atoms with Gasteiger partial charge in [0, 0.05) is 6.04 Å². The van der Waals surface area contributed by atoms with Crippen molar-refractivity contribution in [3.63, 3.8) is 0 Å². The molecule has 0 fully saturated rings. The van der Waals surface area contributed by atoms with Crippen LogP contribution in [0.25, 0.3) is 0 Å². The number of hydrogen-bond acceptors (Lipinski definition) is 4. The van der Waals surface area contributed by atoms with Crippen molar-refractivity contribution in [2.75, 3.05) is 14.2 Å². The Bertz CT molecular complexity index is 421. The Labute approximate surface area is 107 Å². The standard InChI is InChI=1S/C13H20N2O3/c1-8-6-9(4-5-12(8)18-3)11(15-2)7-10(14)13(16)17/h4-6,10-11,15H,7,14H2,1-3H3,(H,16,17). The van der Waals surface area contributed by atoms with Gasteiger partial charge < -0.3 is 20.9 Å². The number of ether oxygens (including phenoxy) is 1. The highest BCUT2D eigenvalue weighted by Crippen LogP contribution is 2.24. The molecule has 2 atom stereocenters. The minimum absolute atomic E-state index is 0.0827. The first-order valence-corrected chi connectivity index (χ1v) is 5.79. The largest absolute Gasteiger partial charge is 0.496 e. The predicted octanol–water partition coefficient (Wildman–Crippen LogP) is 1.07. The van der Waals surface area contributed by atoms with Crippen LogP contribution < -0.4 is 15.8 Å². The molecule has 100 valence electrons. The summed E-state index contributed by atoms with van der Waals surface area (Å²) in [4.78, 5) is 10.8. The first-order valence-electron chi connectivity index (χ1n) is 5.79. The number of nitrogens with two attached hydrogens (primary N) is 1. The number of carboxylic acid groups (broad SMARTS) is 1. The molecule has 0 aromatic heterocycles. The Morgan fingerprint density at radius 1 is 1.56 bits per heavy atom. The lowest BCUT2D eigenvalue weighted by Gasteiger charge is -2.20. The molecule has 0 radical (unpaired) electrons. The maximum absolute atomic E-state index is 10.8. The average molecular weight is 252 g/mol. The highest BCUT2D eigenvalue weighted by Gasteiger charge is 2.19. The molecule has 1 rings (SSSR count). The molecule has 5 heteroatoms. The summed E-state index contributed by atoms with van der Waals surface area (Å²) >= 11 is 0. The van der Waals surface area contributed by atoms with E-state index in [2.05, 4.69) is 5.32 Å². The number of aryl methyl sites for hydroxylation is 1. The van der Waals surface area contributed by atoms with Gasteiger partial charge in [0.2, 0.25) is 0 Å². The fraction of sp³-hybridized carbons (Fsp3) is 0.462. The third kappa shape index (κ3) is 3.45. The lowest BCUT2D eigenvalue weighted by atomic mass is 9.98. The first-order chi connectivity index (χ1) is 8.49. The van der Waals surface area contributed by atoms with Crippen molar-refractivity contribution in [2.24, 2.45) is 5.73 Å². The Kier molecular flexibility index (Phi) is 5.12. The quantitative estimate of drug-likeness (QED) is 0.705. The van der Waals surface area contributed by atoms with Crippen molar-refractivity contribution in [2.45, 2.75) is 25.4 Å². The summed E-state index contributed by atoms with van der Waals surface area (Å²) in [7, 11) is 3.41. The van der Waals surface area contributed by atoms with Gasteiger partial charge in [0.05, 0.1) is 7.11 Å². The highest BCUT2D eigenvalue weighted by atomic mass is 16.5. The van der Waals surface area contributed by atoms with Crippen molar-refractivity contribution in [3.05, 3.63) is 29.3 Å². The molecule has 2 unspecified atom stereocenters. The summed E-state index contributed by atoms with van der Waals surface area (Å²) in [6.45, 7) is 1.95. The maximum atomic E-state index is 10.8. The predicted molar refractivity (Wildman–Crippen MR) is 69.8 cm³/mol. The van der Waals surface area contributed by atoms with E-state index < -0.39 is 12.0 Å². The lowest BCUT2D eigenvalue weighted by molar-refractivity contribution is -0.138. The van der Waals surface area contributed by atoms with E-state index in [-0.39, 0.29) is 6.04 Å². The molecule has 0 heterocycles. The smallest absolute Gasteiger partial charge is 0.320 e. The Morgan fingerprint density at radius 3 is 2.67 bits per heavy atom. The topological polar surface area (TPSA) is 84.6 Å². The minimum Gasteiger partial charge on any atom is -0.496 e. The van der Waals surface area contributed by atoms with Crippen molar-refractivity contribution >= 4 is 5.97 Å². The summed E-state index contributed by atoms with van der Waals surface area (Å²) in [6, 6.07) is 4.82. The highest BCUT2D eigenvalue weighted by molar-refractivity contribution is 5.73. The van der Waals surface area contributed by atoms with Gasteiger partial charge in [-0.3, -0.25) is 4.79 Å². The number of hydrogen-bond donors (Lipinski definition) is 3. The molecule has 0 bridgehead atoms. The average Bonchev–Trinajstić information content (AvgIpc) is 2.35. The van der Waals surface area contributed by atoms with Gasteiger partial charge in [-0.2, -0.15) is 0 Å². The SMILES string of the molecule is CNC(CC(N)C(=O)O)c1ccc(OC)c(C)c1. The minimum atomic E-state index is -0.986. The van der Waals surface area contributed by atoms with Gasteiger partial charge in [-0.05, 0) is 37.6 Å². The number of aliphatic carboxylic acids is 1. The van der Waals surface area contributed by atoms with E-state index in [1.807, 2.05) is 25.1 Å². The Hall–Kier alpha value is -1.59. The van der Waals surface area contributed by atoms with Crippen LogP contribution in [0.15, 0.2) is 18.2 Å². The van der Waals surface area contributed by atoms with E-state index in [0.29, 0.717) is 6.42 Å². The molecule has 4 N–H and O–H groups in total. The fourth-order valence-corrected chi connectivity index (χ4v) is 1.89. The molecule has 0 saturated carbocycles. The maximum Gasteiger partial charge on any atom is 0.320 e. The van der Waals surface area contributed by atoms with Crippen LogP contribution in [0, 0.1) is 6.92 Å². The monoisotopic (exact) mass is 252 g/mol. The molecule has 0 amide bonds. The van der Waals surface area contributed by atoms with Crippen LogP contribution in [0.5, 0.6) is 5.75 Å². The van der Waals surface area contributed by atoms with Crippen LogP contribution in [-0.2, 0) is 4.79 Å². The van der Waals surface area contributed by atoms with Crippen LogP contribution in [-0.4, -0.2) is 31.3 Å². The molecule has 1 aromatic rings. The van der Waals surface area contributed by atoms with Crippen molar-refractivity contribution in [3.8, 4) is 5.75 Å². The number of nitrogens with one attached hydrogen (secondary N) is 1. The van der Waals surface area contributed by atoms with E-state index in [4.69, 9.17) is 15.6 Å². The van der Waals surface area contributed by atoms with Gasteiger partial charge in [0.1, 0.15) is 11.8 Å². The first kappa shape index (κ1) is 14.5. The second-order valence-corrected chi connectivity index (χ2v) is 4.25. The molecule has 0 saturated heterocycles. The molecule has 0 aliphatic heterocycles. The van der Waals surface area contributed by atoms with E-state index in [1.165, 1.54) is 0 Å². The van der Waals surface area contributed by atoms with Gasteiger partial charge in [-0.1, -0.05) is 12.1 Å². The zero-order valence-electron chi connectivity index (χ0n) is 10.9. The summed E-state index contributed by atoms with van der Waals surface area (Å²) < 4.78 is 5.19. The summed E-state index contributed by atoms with van der Waals surface area (Å²) in [5.74, 6) is -0.170. The van der Waals surface area contributed by atoms with Crippen LogP contribution in [0.2, 0.25) is 0 Å². The van der Waals surface area contributed by atoms with E-state index in [9.17, 15) is 4.79 Å². The fourth-order valence-electron chi connectivity index (χ4n) is 1.89. The van der Waals surface area contributed by atoms with Gasteiger partial charge in [0.15, 0.2) is 0 Å². The molecule has 18 heavy (non-hydrogen) atoms. The second kappa shape index (κ2) is 6.37. The number of benzene rings is 1. The molecular weight excluding hydrogens is 232 g/mol. The van der Waals surface area contributed by atoms with Gasteiger partial charge >= 0.3 is 5.97 Å². The molecule has 5 nitrogen and oxygen atoms in total. The molecule has 0 spiro atoms. The number of methoxy groups -OCH3 is 1. The van der Waals surface area contributed by atoms with Crippen LogP contribution >= 0.6 is 0 Å². The van der Waals surface area contributed by atoms with E-state index in [0.717, 1.165) is 16.9 Å². The van der Waals surface area contributed by atoms with Crippen molar-refractivity contribution in [1.29, 1.82) is 0 Å². The zero-order chi connectivity index (χ0) is 13.7. The van der Waals surface area contributed by atoms with Crippen LogP contribution in [0.3, 0.4) is 0 Å². The van der Waals surface area contributed by atoms with E-state index >= 15 is 0 Å². The van der Waals surface area contributed by atoms with Gasteiger partial charge in [-0.25, -0.2) is 0 Å². The Balaban J connectivity index is 2.88. The van der Waals surface area contributed by atoms with Gasteiger partial charge in [0.25, 0.3) is 0 Å². The van der Waals surface area contributed by atoms with Gasteiger partial charge in [-0.15, -0.1) is 0 Å². The van der Waals surface area contributed by atoms with Crippen LogP contribution in [0.4, 0.5) is 0 Å². The van der Waals surface area contributed by atoms with E-state index in [1.54, 1.807) is 14.2 Å². The third-order valence-electron chi connectivity index (χ3n) is 2.98. The second-order valence-electron chi connectivity index (χ2n) is 4.25. The van der Waals surface area contributed by atoms with Crippen molar-refractivity contribution in [1.82, 2.24) is 5.32 Å². The number of carbonyl (C=O) groups is 1. The zero-order valence-corrected chi connectivity index (χ0v) is 10.9. The lowest BCUT2D eigenvalue weighted by Crippen LogP contribution is -2.34. The molecular formula is C13H20N2O3. The third-order valence-corrected chi connectivity index (χ3v) is 2.98. The Morgan fingerprint density at radius 2 is 2.22 bits per heavy atom. The molecule has 0 aliphatic carbocycles. The number of rotatable bonds is 6. The normalized spacial score (nSPS) is 14.0. The summed E-state index contributed by atoms with van der Waals surface area (Å²) in [5.41, 5.74) is 7.58. The summed E-state index contributed by atoms with van der Waals surface area (Å²) in [5, 5.41) is 11.9. The van der Waals surface area contributed by atoms with Crippen LogP contribution in [0.1, 0.15) is 23.6 Å². The summed E-state index contributed by atoms with van der Waals surface area (Å²) in [6.07, 6.45) is 0.345.